The van der Waals surface area contributed by atoms with E-state index in [0.717, 1.165) is 54.9 Å². The van der Waals surface area contributed by atoms with Gasteiger partial charge in [0, 0.05) is 17.0 Å². The number of hydrogen-bond donors (Lipinski definition) is 2. The van der Waals surface area contributed by atoms with Gasteiger partial charge in [-0.05, 0) is 97.2 Å². The average Bonchev–Trinajstić information content (AvgIpc) is 3.34. The van der Waals surface area contributed by atoms with Gasteiger partial charge in [-0.2, -0.15) is 0 Å². The monoisotopic (exact) mass is 637 g/mol. The van der Waals surface area contributed by atoms with E-state index >= 15 is 0 Å². The Morgan fingerprint density at radius 2 is 1.64 bits per heavy atom. The molecule has 3 aromatic carbocycles. The summed E-state index contributed by atoms with van der Waals surface area (Å²) in [6.07, 6.45) is 9.73. The zero-order valence-electron chi connectivity index (χ0n) is 28.0. The van der Waals surface area contributed by atoms with Gasteiger partial charge in [-0.3, -0.25) is 0 Å². The second-order valence-electron chi connectivity index (χ2n) is 14.7. The number of rotatable bonds is 7. The van der Waals surface area contributed by atoms with Crippen molar-refractivity contribution in [2.24, 2.45) is 22.7 Å². The number of methoxy groups -OCH3 is 2. The molecule has 4 aliphatic rings. The van der Waals surface area contributed by atoms with Crippen LogP contribution in [-0.2, 0) is 6.54 Å². The van der Waals surface area contributed by atoms with E-state index in [4.69, 9.17) is 14.2 Å². The third-order valence-corrected chi connectivity index (χ3v) is 12.4. The van der Waals surface area contributed by atoms with Crippen molar-refractivity contribution in [2.75, 3.05) is 20.8 Å². The van der Waals surface area contributed by atoms with Gasteiger partial charge in [0.1, 0.15) is 17.2 Å². The van der Waals surface area contributed by atoms with Crippen molar-refractivity contribution in [1.82, 2.24) is 4.90 Å². The summed E-state index contributed by atoms with van der Waals surface area (Å²) in [5.74, 6) is 2.38. The maximum absolute atomic E-state index is 14.1. The second-order valence-corrected chi connectivity index (χ2v) is 14.7. The van der Waals surface area contributed by atoms with E-state index in [9.17, 15) is 15.0 Å². The Morgan fingerprint density at radius 3 is 2.43 bits per heavy atom. The Hall–Kier alpha value is -3.81. The first-order valence-corrected chi connectivity index (χ1v) is 17.0. The van der Waals surface area contributed by atoms with Crippen molar-refractivity contribution in [3.8, 4) is 17.2 Å². The topological polar surface area (TPSA) is 88.5 Å². The number of allylic oxidation sites excluding steroid dienone is 3. The van der Waals surface area contributed by atoms with Crippen molar-refractivity contribution in [3.63, 3.8) is 0 Å². The molecule has 0 bridgehead atoms. The number of carbonyl (C=O) groups is 1. The minimum atomic E-state index is -1.11. The SMILES string of the molecule is COc1ccc(CN(C[C@]2(O)CC[C@H]3C4=CC=C5C[C@@H](O)CC[C@]5(C)[C@H]4CC[C@@]32C)C(=O)Oc2ccc3ccccc3c2)c(OC)c1. The summed E-state index contributed by atoms with van der Waals surface area (Å²) in [6.45, 7) is 4.97. The van der Waals surface area contributed by atoms with Gasteiger partial charge in [0.05, 0.1) is 39.0 Å². The molecule has 4 aliphatic carbocycles. The number of amides is 1. The van der Waals surface area contributed by atoms with Crippen molar-refractivity contribution < 1.29 is 29.2 Å². The highest BCUT2D eigenvalue weighted by atomic mass is 16.6. The van der Waals surface area contributed by atoms with Crippen LogP contribution in [-0.4, -0.2) is 53.7 Å². The molecule has 6 atom stereocenters. The maximum Gasteiger partial charge on any atom is 0.415 e. The lowest BCUT2D eigenvalue weighted by Crippen LogP contribution is -2.56. The van der Waals surface area contributed by atoms with Gasteiger partial charge in [-0.25, -0.2) is 4.79 Å². The van der Waals surface area contributed by atoms with E-state index in [2.05, 4.69) is 26.0 Å². The lowest BCUT2D eigenvalue weighted by atomic mass is 9.50. The molecule has 2 N–H and O–H groups in total. The molecule has 7 heteroatoms. The molecule has 47 heavy (non-hydrogen) atoms. The third kappa shape index (κ3) is 5.41. The number of ether oxygens (including phenoxy) is 3. The Morgan fingerprint density at radius 1 is 0.872 bits per heavy atom. The normalized spacial score (nSPS) is 31.1. The van der Waals surface area contributed by atoms with Crippen LogP contribution >= 0.6 is 0 Å². The van der Waals surface area contributed by atoms with Crippen LogP contribution in [0.2, 0.25) is 0 Å². The molecular weight excluding hydrogens is 590 g/mol. The predicted molar refractivity (Wildman–Crippen MR) is 183 cm³/mol. The lowest BCUT2D eigenvalue weighted by molar-refractivity contribution is -0.0989. The summed E-state index contributed by atoms with van der Waals surface area (Å²) in [5, 5.41) is 25.2. The van der Waals surface area contributed by atoms with Crippen molar-refractivity contribution in [3.05, 3.63) is 89.5 Å². The van der Waals surface area contributed by atoms with Crippen LogP contribution in [0.1, 0.15) is 64.4 Å². The first kappa shape index (κ1) is 31.8. The Labute approximate surface area is 277 Å². The molecule has 0 unspecified atom stereocenters. The molecule has 0 aliphatic heterocycles. The zero-order chi connectivity index (χ0) is 33.0. The molecule has 3 fully saturated rings. The fourth-order valence-electron chi connectivity index (χ4n) is 9.44. The molecule has 0 heterocycles. The fourth-order valence-corrected chi connectivity index (χ4v) is 9.44. The minimum absolute atomic E-state index is 0.0615. The average molecular weight is 638 g/mol. The summed E-state index contributed by atoms with van der Waals surface area (Å²) in [5.41, 5.74) is 2.16. The third-order valence-electron chi connectivity index (χ3n) is 12.4. The highest BCUT2D eigenvalue weighted by Crippen LogP contribution is 2.66. The smallest absolute Gasteiger partial charge is 0.415 e. The van der Waals surface area contributed by atoms with E-state index in [1.165, 1.54) is 11.1 Å². The van der Waals surface area contributed by atoms with E-state index < -0.39 is 17.1 Å². The van der Waals surface area contributed by atoms with Gasteiger partial charge >= 0.3 is 6.09 Å². The maximum atomic E-state index is 14.1. The van der Waals surface area contributed by atoms with Crippen LogP contribution in [0.15, 0.2) is 84.0 Å². The number of fused-ring (bicyclic) bond motifs is 6. The Bertz CT molecular complexity index is 1750. The van der Waals surface area contributed by atoms with Crippen LogP contribution < -0.4 is 14.2 Å². The number of benzene rings is 3. The van der Waals surface area contributed by atoms with Gasteiger partial charge in [0.2, 0.25) is 0 Å². The van der Waals surface area contributed by atoms with E-state index in [1.54, 1.807) is 19.1 Å². The van der Waals surface area contributed by atoms with E-state index in [-0.39, 0.29) is 30.5 Å². The molecule has 0 saturated heterocycles. The number of carbonyl (C=O) groups excluding carboxylic acids is 1. The number of aliphatic hydroxyl groups is 2. The number of aliphatic hydroxyl groups excluding tert-OH is 1. The first-order valence-electron chi connectivity index (χ1n) is 17.0. The molecule has 248 valence electrons. The number of hydrogen-bond acceptors (Lipinski definition) is 6. The van der Waals surface area contributed by atoms with Crippen LogP contribution in [0.4, 0.5) is 4.79 Å². The standard InChI is InChI=1S/C40H47NO6/c1-38-18-15-30(42)22-29(38)11-14-33-34(38)16-19-39(2)35(33)17-20-40(39,44)25-41(24-28-10-12-31(45-3)23-36(28)46-4)37(43)47-32-13-9-26-7-5-6-8-27(26)21-32/h5-14,21,23,30,34-35,42,44H,15-20,22,24-25H2,1-4H3/t30-,34-,35-,38-,39-,40+/m0/s1. The fraction of sp³-hybridized carbons (Fsp3) is 0.475. The molecule has 7 nitrogen and oxygen atoms in total. The largest absolute Gasteiger partial charge is 0.497 e. The summed E-state index contributed by atoms with van der Waals surface area (Å²) in [6, 6.07) is 19.2. The molecule has 3 saturated carbocycles. The molecular formula is C40H47NO6. The predicted octanol–water partition coefficient (Wildman–Crippen LogP) is 7.83. The Kier molecular flexibility index (Phi) is 8.12. The van der Waals surface area contributed by atoms with Gasteiger partial charge in [0.25, 0.3) is 0 Å². The zero-order valence-corrected chi connectivity index (χ0v) is 28.0. The van der Waals surface area contributed by atoms with Gasteiger partial charge in [-0.15, -0.1) is 0 Å². The number of nitrogens with zero attached hydrogens (tertiary/aromatic N) is 1. The van der Waals surface area contributed by atoms with Gasteiger partial charge in [-0.1, -0.05) is 67.5 Å². The summed E-state index contributed by atoms with van der Waals surface area (Å²) in [4.78, 5) is 15.8. The summed E-state index contributed by atoms with van der Waals surface area (Å²) in [7, 11) is 3.22. The highest BCUT2D eigenvalue weighted by Gasteiger charge is 2.62. The van der Waals surface area contributed by atoms with Crippen LogP contribution in [0.5, 0.6) is 17.2 Å². The van der Waals surface area contributed by atoms with Crippen LogP contribution in [0.25, 0.3) is 10.8 Å². The summed E-state index contributed by atoms with van der Waals surface area (Å²) >= 11 is 0. The van der Waals surface area contributed by atoms with E-state index in [0.29, 0.717) is 29.6 Å². The van der Waals surface area contributed by atoms with Crippen molar-refractivity contribution >= 4 is 16.9 Å². The first-order chi connectivity index (χ1) is 22.6. The van der Waals surface area contributed by atoms with Gasteiger partial charge < -0.3 is 29.3 Å². The van der Waals surface area contributed by atoms with Gasteiger partial charge in [0.15, 0.2) is 0 Å². The molecule has 1 amide bonds. The molecule has 0 radical (unpaired) electrons. The van der Waals surface area contributed by atoms with Crippen LogP contribution in [0, 0.1) is 22.7 Å². The second kappa shape index (κ2) is 12.0. The van der Waals surface area contributed by atoms with Crippen molar-refractivity contribution in [2.45, 2.75) is 77.0 Å². The molecule has 0 aromatic heterocycles. The quantitative estimate of drug-likeness (QED) is 0.275. The molecule has 3 aromatic rings. The summed E-state index contributed by atoms with van der Waals surface area (Å²) < 4.78 is 17.2. The van der Waals surface area contributed by atoms with Crippen LogP contribution in [0.3, 0.4) is 0 Å². The Balaban J connectivity index is 1.19. The van der Waals surface area contributed by atoms with Crippen molar-refractivity contribution in [1.29, 1.82) is 0 Å². The molecule has 7 rings (SSSR count). The highest BCUT2D eigenvalue weighted by molar-refractivity contribution is 5.84. The van der Waals surface area contributed by atoms with E-state index in [1.807, 2.05) is 60.7 Å². The molecule has 0 spiro atoms. The minimum Gasteiger partial charge on any atom is -0.497 e. The lowest BCUT2D eigenvalue weighted by Gasteiger charge is -2.56.